The van der Waals surface area contributed by atoms with Crippen LogP contribution in [0.2, 0.25) is 0 Å². The van der Waals surface area contributed by atoms with Crippen molar-refractivity contribution in [3.8, 4) is 11.7 Å². The number of aromatic nitrogens is 4. The summed E-state index contributed by atoms with van der Waals surface area (Å²) in [7, 11) is 1.60. The Morgan fingerprint density at radius 2 is 2.00 bits per heavy atom. The van der Waals surface area contributed by atoms with Crippen molar-refractivity contribution in [2.45, 2.75) is 19.9 Å². The Labute approximate surface area is 135 Å². The molecule has 3 heterocycles. The molecule has 6 nitrogen and oxygen atoms in total. The molecule has 118 valence electrons. The molecule has 23 heavy (non-hydrogen) atoms. The van der Waals surface area contributed by atoms with Crippen LogP contribution in [0.3, 0.4) is 0 Å². The summed E-state index contributed by atoms with van der Waals surface area (Å²) >= 11 is 0. The second-order valence-electron chi connectivity index (χ2n) is 5.24. The summed E-state index contributed by atoms with van der Waals surface area (Å²) in [6.45, 7) is 4.14. The fourth-order valence-corrected chi connectivity index (χ4v) is 2.47. The fraction of sp³-hybridized carbons (Fsp3) is 0.235. The minimum absolute atomic E-state index is 0.0997. The molecule has 0 aromatic carbocycles. The standard InChI is InChI=1S/C17H19N5O/c1-12(21-14-7-8-17(23-3)19-10-14)15-11-20-22(13(15)2)16-6-4-5-9-18-16/h4-12,21H,1-3H3/t12-/m0/s1. The third-order valence-electron chi connectivity index (χ3n) is 3.71. The van der Waals surface area contributed by atoms with Gasteiger partial charge in [0.2, 0.25) is 5.88 Å². The Hall–Kier alpha value is -2.89. The highest BCUT2D eigenvalue weighted by molar-refractivity contribution is 5.45. The maximum Gasteiger partial charge on any atom is 0.213 e. The van der Waals surface area contributed by atoms with E-state index >= 15 is 0 Å². The van der Waals surface area contributed by atoms with Crippen LogP contribution < -0.4 is 10.1 Å². The Bertz CT molecular complexity index is 767. The smallest absolute Gasteiger partial charge is 0.213 e. The summed E-state index contributed by atoms with van der Waals surface area (Å²) in [6.07, 6.45) is 5.40. The first-order valence-corrected chi connectivity index (χ1v) is 7.41. The van der Waals surface area contributed by atoms with E-state index in [1.807, 2.05) is 48.1 Å². The van der Waals surface area contributed by atoms with E-state index in [1.165, 1.54) is 0 Å². The van der Waals surface area contributed by atoms with Crippen molar-refractivity contribution in [2.24, 2.45) is 0 Å². The summed E-state index contributed by atoms with van der Waals surface area (Å²) in [5, 5.41) is 7.88. The number of rotatable bonds is 5. The molecule has 0 fully saturated rings. The normalized spacial score (nSPS) is 12.0. The van der Waals surface area contributed by atoms with Gasteiger partial charge >= 0.3 is 0 Å². The van der Waals surface area contributed by atoms with Crippen LogP contribution in [0.5, 0.6) is 5.88 Å². The van der Waals surface area contributed by atoms with Gasteiger partial charge in [0.1, 0.15) is 0 Å². The van der Waals surface area contributed by atoms with Crippen LogP contribution in [0, 0.1) is 6.92 Å². The van der Waals surface area contributed by atoms with Gasteiger partial charge in [-0.2, -0.15) is 5.10 Å². The van der Waals surface area contributed by atoms with Crippen molar-refractivity contribution in [3.05, 3.63) is 60.2 Å². The number of hydrogen-bond acceptors (Lipinski definition) is 5. The molecule has 3 aromatic heterocycles. The number of ether oxygens (including phenoxy) is 1. The van der Waals surface area contributed by atoms with Gasteiger partial charge in [0, 0.05) is 23.5 Å². The lowest BCUT2D eigenvalue weighted by atomic mass is 10.1. The second-order valence-corrected chi connectivity index (χ2v) is 5.24. The first kappa shape index (κ1) is 15.0. The highest BCUT2D eigenvalue weighted by Crippen LogP contribution is 2.23. The number of anilines is 1. The summed E-state index contributed by atoms with van der Waals surface area (Å²) in [5.74, 6) is 1.41. The quantitative estimate of drug-likeness (QED) is 0.784. The molecule has 0 spiro atoms. The SMILES string of the molecule is COc1ccc(N[C@@H](C)c2cnn(-c3ccccn3)c2C)cn1. The highest BCUT2D eigenvalue weighted by Gasteiger charge is 2.14. The summed E-state index contributed by atoms with van der Waals surface area (Å²) < 4.78 is 6.92. The molecular weight excluding hydrogens is 290 g/mol. The fourth-order valence-electron chi connectivity index (χ4n) is 2.47. The molecule has 0 amide bonds. The Kier molecular flexibility index (Phi) is 4.23. The zero-order valence-corrected chi connectivity index (χ0v) is 13.4. The van der Waals surface area contributed by atoms with Crippen LogP contribution in [0.4, 0.5) is 5.69 Å². The van der Waals surface area contributed by atoms with E-state index in [1.54, 1.807) is 19.5 Å². The lowest BCUT2D eigenvalue weighted by Crippen LogP contribution is -2.09. The lowest BCUT2D eigenvalue weighted by molar-refractivity contribution is 0.398. The lowest BCUT2D eigenvalue weighted by Gasteiger charge is -2.15. The maximum atomic E-state index is 5.07. The largest absolute Gasteiger partial charge is 0.481 e. The number of methoxy groups -OCH3 is 1. The van der Waals surface area contributed by atoms with E-state index in [-0.39, 0.29) is 6.04 Å². The van der Waals surface area contributed by atoms with E-state index in [0.29, 0.717) is 5.88 Å². The van der Waals surface area contributed by atoms with E-state index in [9.17, 15) is 0 Å². The van der Waals surface area contributed by atoms with E-state index in [4.69, 9.17) is 4.74 Å². The highest BCUT2D eigenvalue weighted by atomic mass is 16.5. The number of pyridine rings is 2. The van der Waals surface area contributed by atoms with Crippen molar-refractivity contribution >= 4 is 5.69 Å². The van der Waals surface area contributed by atoms with Crippen LogP contribution in [0.1, 0.15) is 24.2 Å². The first-order chi connectivity index (χ1) is 11.2. The van der Waals surface area contributed by atoms with E-state index in [0.717, 1.165) is 22.8 Å². The molecule has 0 aliphatic heterocycles. The molecule has 0 radical (unpaired) electrons. The number of nitrogens with one attached hydrogen (secondary N) is 1. The minimum Gasteiger partial charge on any atom is -0.481 e. The van der Waals surface area contributed by atoms with Gasteiger partial charge in [0.05, 0.1) is 31.2 Å². The first-order valence-electron chi connectivity index (χ1n) is 7.41. The zero-order chi connectivity index (χ0) is 16.2. The summed E-state index contributed by atoms with van der Waals surface area (Å²) in [6, 6.07) is 9.66. The average Bonchev–Trinajstić information content (AvgIpc) is 2.98. The average molecular weight is 309 g/mol. The van der Waals surface area contributed by atoms with Gasteiger partial charge in [0.25, 0.3) is 0 Å². The van der Waals surface area contributed by atoms with Crippen LogP contribution in [-0.4, -0.2) is 26.9 Å². The van der Waals surface area contributed by atoms with Crippen molar-refractivity contribution in [2.75, 3.05) is 12.4 Å². The van der Waals surface area contributed by atoms with Crippen molar-refractivity contribution in [3.63, 3.8) is 0 Å². The zero-order valence-electron chi connectivity index (χ0n) is 13.4. The third-order valence-corrected chi connectivity index (χ3v) is 3.71. The summed E-state index contributed by atoms with van der Waals surface area (Å²) in [4.78, 5) is 8.55. The molecule has 0 aliphatic carbocycles. The van der Waals surface area contributed by atoms with Gasteiger partial charge in [-0.1, -0.05) is 6.07 Å². The molecule has 3 aromatic rings. The van der Waals surface area contributed by atoms with Gasteiger partial charge < -0.3 is 10.1 Å². The molecule has 3 rings (SSSR count). The molecule has 1 N–H and O–H groups in total. The Balaban J connectivity index is 1.80. The molecule has 0 saturated heterocycles. The molecule has 0 unspecified atom stereocenters. The molecular formula is C17H19N5O. The maximum absolute atomic E-state index is 5.07. The topological polar surface area (TPSA) is 64.9 Å². The van der Waals surface area contributed by atoms with E-state index < -0.39 is 0 Å². The van der Waals surface area contributed by atoms with E-state index in [2.05, 4.69) is 27.3 Å². The van der Waals surface area contributed by atoms with Gasteiger partial charge in [-0.05, 0) is 32.0 Å². The second kappa shape index (κ2) is 6.48. The monoisotopic (exact) mass is 309 g/mol. The van der Waals surface area contributed by atoms with Gasteiger partial charge in [0.15, 0.2) is 5.82 Å². The van der Waals surface area contributed by atoms with Gasteiger partial charge in [-0.15, -0.1) is 0 Å². The number of hydrogen-bond donors (Lipinski definition) is 1. The van der Waals surface area contributed by atoms with Crippen LogP contribution in [-0.2, 0) is 0 Å². The molecule has 6 heteroatoms. The third kappa shape index (κ3) is 3.15. The Morgan fingerprint density at radius 3 is 2.65 bits per heavy atom. The molecule has 0 saturated carbocycles. The predicted molar refractivity (Wildman–Crippen MR) is 88.9 cm³/mol. The van der Waals surface area contributed by atoms with Gasteiger partial charge in [-0.3, -0.25) is 0 Å². The Morgan fingerprint density at radius 1 is 1.13 bits per heavy atom. The minimum atomic E-state index is 0.0997. The van der Waals surface area contributed by atoms with Crippen molar-refractivity contribution in [1.29, 1.82) is 0 Å². The molecule has 0 bridgehead atoms. The van der Waals surface area contributed by atoms with Crippen molar-refractivity contribution in [1.82, 2.24) is 19.7 Å². The molecule has 1 atom stereocenters. The summed E-state index contributed by atoms with van der Waals surface area (Å²) in [5.41, 5.74) is 3.11. The van der Waals surface area contributed by atoms with Gasteiger partial charge in [-0.25, -0.2) is 14.6 Å². The predicted octanol–water partition coefficient (Wildman–Crippen LogP) is 3.15. The van der Waals surface area contributed by atoms with Crippen LogP contribution >= 0.6 is 0 Å². The van der Waals surface area contributed by atoms with Crippen LogP contribution in [0.15, 0.2) is 48.9 Å². The number of nitrogens with zero attached hydrogens (tertiary/aromatic N) is 4. The van der Waals surface area contributed by atoms with Crippen LogP contribution in [0.25, 0.3) is 5.82 Å². The van der Waals surface area contributed by atoms with Crippen molar-refractivity contribution < 1.29 is 4.74 Å². The molecule has 0 aliphatic rings.